The molecule has 1 fully saturated rings. The molecule has 1 heterocycles. The van der Waals surface area contributed by atoms with E-state index in [0.29, 0.717) is 29.4 Å². The van der Waals surface area contributed by atoms with Crippen molar-refractivity contribution in [2.75, 3.05) is 12.3 Å². The lowest BCUT2D eigenvalue weighted by atomic mass is 10.2. The summed E-state index contributed by atoms with van der Waals surface area (Å²) in [4.78, 5) is 28.6. The van der Waals surface area contributed by atoms with Gasteiger partial charge in [0.15, 0.2) is 5.17 Å². The zero-order valence-corrected chi connectivity index (χ0v) is 16.3. The van der Waals surface area contributed by atoms with E-state index in [2.05, 4.69) is 4.99 Å². The Morgan fingerprint density at radius 2 is 1.97 bits per heavy atom. The van der Waals surface area contributed by atoms with Crippen molar-refractivity contribution in [1.82, 2.24) is 4.90 Å². The number of hydrogen-bond acceptors (Lipinski definition) is 5. The molecule has 0 N–H and O–H groups in total. The van der Waals surface area contributed by atoms with Gasteiger partial charge >= 0.3 is 6.18 Å². The molecule has 3 rings (SSSR count). The van der Waals surface area contributed by atoms with Crippen molar-refractivity contribution in [3.8, 4) is 0 Å². The van der Waals surface area contributed by atoms with E-state index in [4.69, 9.17) is 0 Å². The van der Waals surface area contributed by atoms with Gasteiger partial charge in [0.05, 0.1) is 16.2 Å². The molecule has 156 valence electrons. The zero-order valence-electron chi connectivity index (χ0n) is 15.5. The second-order valence-corrected chi connectivity index (χ2v) is 7.38. The molecule has 1 saturated heterocycles. The van der Waals surface area contributed by atoms with Crippen LogP contribution in [0.25, 0.3) is 6.08 Å². The Bertz CT molecular complexity index is 1020. The monoisotopic (exact) mass is 435 g/mol. The van der Waals surface area contributed by atoms with Crippen molar-refractivity contribution in [1.29, 1.82) is 0 Å². The van der Waals surface area contributed by atoms with Gasteiger partial charge in [-0.3, -0.25) is 19.8 Å². The molecule has 0 radical (unpaired) electrons. The number of nitrogens with zero attached hydrogens (tertiary/aromatic N) is 3. The molecule has 2 aromatic carbocycles. The molecule has 0 saturated carbocycles. The summed E-state index contributed by atoms with van der Waals surface area (Å²) < 4.78 is 38.8. The van der Waals surface area contributed by atoms with Gasteiger partial charge in [-0.15, -0.1) is 0 Å². The molecule has 1 aliphatic rings. The minimum atomic E-state index is -4.48. The molecule has 0 aliphatic carbocycles. The lowest BCUT2D eigenvalue weighted by Gasteiger charge is -2.26. The van der Waals surface area contributed by atoms with Crippen LogP contribution in [0.3, 0.4) is 0 Å². The fraction of sp³-hybridized carbons (Fsp3) is 0.200. The van der Waals surface area contributed by atoms with Crippen LogP contribution in [-0.2, 0) is 11.0 Å². The van der Waals surface area contributed by atoms with E-state index in [1.165, 1.54) is 59.1 Å². The number of amidine groups is 1. The Morgan fingerprint density at radius 1 is 1.20 bits per heavy atom. The normalized spacial score (nSPS) is 16.2. The fourth-order valence-corrected chi connectivity index (χ4v) is 3.68. The van der Waals surface area contributed by atoms with E-state index in [0.717, 1.165) is 12.1 Å². The zero-order chi connectivity index (χ0) is 21.7. The molecule has 0 unspecified atom stereocenters. The Labute approximate surface area is 174 Å². The van der Waals surface area contributed by atoms with Crippen LogP contribution in [0.1, 0.15) is 17.5 Å². The number of thioether (sulfide) groups is 1. The molecule has 1 aliphatic heterocycles. The molecule has 0 aromatic heterocycles. The maximum Gasteiger partial charge on any atom is 0.416 e. The highest BCUT2D eigenvalue weighted by Gasteiger charge is 2.30. The number of benzene rings is 2. The average molecular weight is 435 g/mol. The standard InChI is InChI=1S/C20H16F3N3O3S/c21-20(22,23)15-5-2-6-16(13-15)24-19-25(10-3-11-30-19)18(27)9-8-14-4-1-7-17(12-14)26(28)29/h1-2,4-9,12-13H,3,10-11H2/b9-8+,24-19?. The molecule has 10 heteroatoms. The highest BCUT2D eigenvalue weighted by Crippen LogP contribution is 2.32. The van der Waals surface area contributed by atoms with E-state index < -0.39 is 22.6 Å². The maximum absolute atomic E-state index is 12.9. The molecule has 0 bridgehead atoms. The summed E-state index contributed by atoms with van der Waals surface area (Å²) in [6.07, 6.45) is -1.04. The first kappa shape index (κ1) is 21.6. The number of hydrogen-bond donors (Lipinski definition) is 0. The van der Waals surface area contributed by atoms with Gasteiger partial charge in [0, 0.05) is 30.5 Å². The number of carbonyl (C=O) groups excluding carboxylic acids is 1. The molecule has 30 heavy (non-hydrogen) atoms. The number of amides is 1. The van der Waals surface area contributed by atoms with Gasteiger partial charge in [-0.2, -0.15) is 13.2 Å². The van der Waals surface area contributed by atoms with Gasteiger partial charge in [0.25, 0.3) is 11.6 Å². The third-order valence-electron chi connectivity index (χ3n) is 4.15. The van der Waals surface area contributed by atoms with Crippen molar-refractivity contribution < 1.29 is 22.9 Å². The van der Waals surface area contributed by atoms with Crippen molar-refractivity contribution in [2.45, 2.75) is 12.6 Å². The number of aliphatic imine (C=N–C) groups is 1. The topological polar surface area (TPSA) is 75.8 Å². The molecular formula is C20H16F3N3O3S. The molecule has 1 amide bonds. The number of rotatable bonds is 4. The molecule has 0 atom stereocenters. The third-order valence-corrected chi connectivity index (χ3v) is 5.21. The maximum atomic E-state index is 12.9. The third kappa shape index (κ3) is 5.47. The van der Waals surface area contributed by atoms with Gasteiger partial charge in [-0.05, 0) is 36.3 Å². The van der Waals surface area contributed by atoms with Crippen LogP contribution in [0.15, 0.2) is 59.6 Å². The minimum Gasteiger partial charge on any atom is -0.288 e. The van der Waals surface area contributed by atoms with Crippen LogP contribution in [0.2, 0.25) is 0 Å². The van der Waals surface area contributed by atoms with E-state index in [1.54, 1.807) is 6.07 Å². The highest BCUT2D eigenvalue weighted by atomic mass is 32.2. The SMILES string of the molecule is O=C(/C=C/c1cccc([N+](=O)[O-])c1)N1CCCSC1=Nc1cccc(C(F)(F)F)c1. The molecular weight excluding hydrogens is 419 g/mol. The van der Waals surface area contributed by atoms with Gasteiger partial charge in [-0.1, -0.05) is 30.0 Å². The number of alkyl halides is 3. The second kappa shape index (κ2) is 9.12. The van der Waals surface area contributed by atoms with Crippen molar-refractivity contribution in [3.05, 3.63) is 75.8 Å². The smallest absolute Gasteiger partial charge is 0.288 e. The summed E-state index contributed by atoms with van der Waals surface area (Å²) in [6, 6.07) is 10.4. The first-order chi connectivity index (χ1) is 14.2. The number of nitro groups is 1. The Hall–Kier alpha value is -3.14. The predicted molar refractivity (Wildman–Crippen MR) is 109 cm³/mol. The summed E-state index contributed by atoms with van der Waals surface area (Å²) in [7, 11) is 0. The predicted octanol–water partition coefficient (Wildman–Crippen LogP) is 5.28. The average Bonchev–Trinajstić information content (AvgIpc) is 2.72. The largest absolute Gasteiger partial charge is 0.416 e. The number of halogens is 3. The van der Waals surface area contributed by atoms with E-state index >= 15 is 0 Å². The van der Waals surface area contributed by atoms with Gasteiger partial charge < -0.3 is 0 Å². The lowest BCUT2D eigenvalue weighted by Crippen LogP contribution is -2.38. The van der Waals surface area contributed by atoms with Crippen LogP contribution < -0.4 is 0 Å². The number of non-ortho nitro benzene ring substituents is 1. The van der Waals surface area contributed by atoms with Crippen LogP contribution in [0.4, 0.5) is 24.5 Å². The first-order valence-electron chi connectivity index (χ1n) is 8.87. The molecule has 6 nitrogen and oxygen atoms in total. The Balaban J connectivity index is 1.82. The van der Waals surface area contributed by atoms with E-state index in [9.17, 15) is 28.1 Å². The molecule has 0 spiro atoms. The fourth-order valence-electron chi connectivity index (χ4n) is 2.72. The van der Waals surface area contributed by atoms with E-state index in [-0.39, 0.29) is 11.4 Å². The minimum absolute atomic E-state index is 0.0927. The Kier molecular flexibility index (Phi) is 6.56. The van der Waals surface area contributed by atoms with Crippen molar-refractivity contribution in [3.63, 3.8) is 0 Å². The van der Waals surface area contributed by atoms with Crippen molar-refractivity contribution in [2.24, 2.45) is 4.99 Å². The van der Waals surface area contributed by atoms with Crippen LogP contribution in [-0.4, -0.2) is 33.2 Å². The van der Waals surface area contributed by atoms with Crippen LogP contribution in [0, 0.1) is 10.1 Å². The van der Waals surface area contributed by atoms with Gasteiger partial charge in [-0.25, -0.2) is 4.99 Å². The summed E-state index contributed by atoms with van der Waals surface area (Å²) in [6.45, 7) is 0.378. The summed E-state index contributed by atoms with van der Waals surface area (Å²) in [5.41, 5.74) is -0.313. The summed E-state index contributed by atoms with van der Waals surface area (Å²) in [5, 5.41) is 11.2. The second-order valence-electron chi connectivity index (χ2n) is 6.32. The lowest BCUT2D eigenvalue weighted by molar-refractivity contribution is -0.384. The van der Waals surface area contributed by atoms with Crippen LogP contribution in [0.5, 0.6) is 0 Å². The summed E-state index contributed by atoms with van der Waals surface area (Å²) in [5.74, 6) is 0.287. The number of carbonyl (C=O) groups is 1. The Morgan fingerprint density at radius 3 is 2.70 bits per heavy atom. The molecule has 2 aromatic rings. The highest BCUT2D eigenvalue weighted by molar-refractivity contribution is 8.13. The van der Waals surface area contributed by atoms with Gasteiger partial charge in [0.1, 0.15) is 0 Å². The van der Waals surface area contributed by atoms with E-state index in [1.807, 2.05) is 0 Å². The van der Waals surface area contributed by atoms with Gasteiger partial charge in [0.2, 0.25) is 0 Å². The number of nitro benzene ring substituents is 1. The van der Waals surface area contributed by atoms with Crippen LogP contribution >= 0.6 is 11.8 Å². The summed E-state index contributed by atoms with van der Waals surface area (Å²) >= 11 is 1.29. The van der Waals surface area contributed by atoms with Crippen molar-refractivity contribution >= 4 is 40.3 Å². The quantitative estimate of drug-likeness (QED) is 0.372. The first-order valence-corrected chi connectivity index (χ1v) is 9.85.